The van der Waals surface area contributed by atoms with Gasteiger partial charge in [0.2, 0.25) is 5.91 Å². The number of amides is 1. The Kier molecular flexibility index (Phi) is 3.74. The summed E-state index contributed by atoms with van der Waals surface area (Å²) in [5.41, 5.74) is 2.81. The fourth-order valence-corrected chi connectivity index (χ4v) is 4.32. The molecule has 0 radical (unpaired) electrons. The first kappa shape index (κ1) is 15.9. The number of fused-ring (bicyclic) bond motifs is 2. The Morgan fingerprint density at radius 1 is 1.31 bits per heavy atom. The first-order valence-electron chi connectivity index (χ1n) is 9.39. The molecule has 1 aliphatic carbocycles. The van der Waals surface area contributed by atoms with Gasteiger partial charge in [0.05, 0.1) is 24.3 Å². The van der Waals surface area contributed by atoms with Crippen molar-refractivity contribution in [1.29, 1.82) is 0 Å². The lowest BCUT2D eigenvalue weighted by molar-refractivity contribution is -0.137. The van der Waals surface area contributed by atoms with E-state index in [9.17, 15) is 4.79 Å². The molecule has 1 unspecified atom stereocenters. The number of rotatable bonds is 2. The number of nitrogens with zero attached hydrogens (tertiary/aromatic N) is 4. The van der Waals surface area contributed by atoms with Crippen LogP contribution in [0.25, 0.3) is 11.4 Å². The number of pyridine rings is 1. The Balaban J connectivity index is 1.48. The quantitative estimate of drug-likeness (QED) is 0.832. The molecule has 1 spiro atoms. The van der Waals surface area contributed by atoms with E-state index in [0.29, 0.717) is 31.5 Å². The second kappa shape index (κ2) is 6.13. The predicted molar refractivity (Wildman–Crippen MR) is 95.1 cm³/mol. The predicted octanol–water partition coefficient (Wildman–Crippen LogP) is 2.34. The number of likely N-dealkylation sites (tertiary alicyclic amines) is 1. The largest absolute Gasteiger partial charge is 0.376 e. The van der Waals surface area contributed by atoms with Crippen LogP contribution < -0.4 is 0 Å². The zero-order valence-electron chi connectivity index (χ0n) is 14.7. The maximum Gasteiger partial charge on any atom is 0.225 e. The van der Waals surface area contributed by atoms with E-state index in [2.05, 4.69) is 9.97 Å². The van der Waals surface area contributed by atoms with Crippen molar-refractivity contribution >= 4 is 5.91 Å². The number of hydrogen-bond donors (Lipinski definition) is 0. The van der Waals surface area contributed by atoms with E-state index in [0.717, 1.165) is 42.6 Å². The second-order valence-electron chi connectivity index (χ2n) is 7.72. The van der Waals surface area contributed by atoms with Crippen LogP contribution in [0.4, 0.5) is 0 Å². The molecule has 0 aromatic carbocycles. The van der Waals surface area contributed by atoms with E-state index in [1.54, 1.807) is 12.4 Å². The highest BCUT2D eigenvalue weighted by Crippen LogP contribution is 2.41. The number of hydrogen-bond acceptors (Lipinski definition) is 5. The summed E-state index contributed by atoms with van der Waals surface area (Å²) in [6, 6.07) is 3.87. The molecule has 2 aliphatic heterocycles. The van der Waals surface area contributed by atoms with Gasteiger partial charge in [-0.2, -0.15) is 0 Å². The first-order chi connectivity index (χ1) is 12.8. The van der Waals surface area contributed by atoms with Crippen LogP contribution in [0.5, 0.6) is 0 Å². The van der Waals surface area contributed by atoms with Crippen molar-refractivity contribution in [1.82, 2.24) is 19.9 Å². The first-order valence-corrected chi connectivity index (χ1v) is 9.39. The van der Waals surface area contributed by atoms with E-state index >= 15 is 0 Å². The van der Waals surface area contributed by atoms with Gasteiger partial charge in [0.15, 0.2) is 5.82 Å². The molecule has 1 atom stereocenters. The van der Waals surface area contributed by atoms with Crippen molar-refractivity contribution in [3.8, 4) is 11.4 Å². The van der Waals surface area contributed by atoms with Gasteiger partial charge in [-0.1, -0.05) is 6.42 Å². The maximum absolute atomic E-state index is 12.7. The molecule has 1 saturated heterocycles. The molecule has 3 aliphatic rings. The SMILES string of the molecule is O=C(C1CCC1)N1CCC2(COCc3cnc(-c4cccnc4)nc32)C1. The van der Waals surface area contributed by atoms with Crippen LogP contribution in [-0.2, 0) is 21.6 Å². The van der Waals surface area contributed by atoms with Crippen LogP contribution in [0, 0.1) is 5.92 Å². The molecular weight excluding hydrogens is 328 g/mol. The van der Waals surface area contributed by atoms with Crippen LogP contribution >= 0.6 is 0 Å². The fraction of sp³-hybridized carbons (Fsp3) is 0.500. The van der Waals surface area contributed by atoms with Gasteiger partial charge in [-0.05, 0) is 31.4 Å². The summed E-state index contributed by atoms with van der Waals surface area (Å²) in [6.45, 7) is 2.67. The smallest absolute Gasteiger partial charge is 0.225 e. The highest BCUT2D eigenvalue weighted by molar-refractivity contribution is 5.80. The molecule has 5 rings (SSSR count). The maximum atomic E-state index is 12.7. The van der Waals surface area contributed by atoms with Crippen molar-refractivity contribution in [2.24, 2.45) is 5.92 Å². The van der Waals surface area contributed by atoms with E-state index in [4.69, 9.17) is 9.72 Å². The van der Waals surface area contributed by atoms with Crippen LogP contribution in [-0.4, -0.2) is 45.5 Å². The number of carbonyl (C=O) groups is 1. The topological polar surface area (TPSA) is 68.2 Å². The van der Waals surface area contributed by atoms with E-state index in [1.165, 1.54) is 6.42 Å². The summed E-state index contributed by atoms with van der Waals surface area (Å²) >= 11 is 0. The molecule has 6 nitrogen and oxygen atoms in total. The lowest BCUT2D eigenvalue weighted by atomic mass is 9.80. The van der Waals surface area contributed by atoms with Gasteiger partial charge in [-0.3, -0.25) is 9.78 Å². The van der Waals surface area contributed by atoms with Crippen molar-refractivity contribution < 1.29 is 9.53 Å². The van der Waals surface area contributed by atoms with Gasteiger partial charge in [0.1, 0.15) is 0 Å². The third-order valence-corrected chi connectivity index (χ3v) is 6.04. The highest BCUT2D eigenvalue weighted by Gasteiger charge is 2.47. The molecule has 134 valence electrons. The number of ether oxygens (including phenoxy) is 1. The third kappa shape index (κ3) is 2.51. The lowest BCUT2D eigenvalue weighted by Crippen LogP contribution is -2.43. The normalized spacial score (nSPS) is 25.2. The summed E-state index contributed by atoms with van der Waals surface area (Å²) in [7, 11) is 0. The monoisotopic (exact) mass is 350 g/mol. The van der Waals surface area contributed by atoms with Crippen molar-refractivity contribution in [3.63, 3.8) is 0 Å². The molecule has 0 N–H and O–H groups in total. The van der Waals surface area contributed by atoms with Crippen LogP contribution in [0.15, 0.2) is 30.7 Å². The highest BCUT2D eigenvalue weighted by atomic mass is 16.5. The summed E-state index contributed by atoms with van der Waals surface area (Å²) in [4.78, 5) is 28.3. The van der Waals surface area contributed by atoms with Crippen LogP contribution in [0.1, 0.15) is 36.9 Å². The molecule has 26 heavy (non-hydrogen) atoms. The minimum absolute atomic E-state index is 0.201. The Morgan fingerprint density at radius 2 is 2.23 bits per heavy atom. The Hall–Kier alpha value is -2.34. The van der Waals surface area contributed by atoms with E-state index < -0.39 is 0 Å². The average molecular weight is 350 g/mol. The molecule has 2 aromatic rings. The molecule has 4 heterocycles. The van der Waals surface area contributed by atoms with Crippen molar-refractivity contribution in [2.45, 2.75) is 37.7 Å². The molecule has 2 aromatic heterocycles. The molecule has 1 saturated carbocycles. The minimum Gasteiger partial charge on any atom is -0.376 e. The molecule has 1 amide bonds. The van der Waals surface area contributed by atoms with E-state index in [-0.39, 0.29) is 11.3 Å². The standard InChI is InChI=1S/C20H22N4O2/c25-19(14-3-1-4-14)24-8-6-20(12-24)13-26-11-16-10-22-18(23-17(16)20)15-5-2-7-21-9-15/h2,5,7,9-10,14H,1,3-4,6,8,11-13H2. The van der Waals surface area contributed by atoms with Gasteiger partial charge >= 0.3 is 0 Å². The zero-order valence-corrected chi connectivity index (χ0v) is 14.7. The van der Waals surface area contributed by atoms with Crippen LogP contribution in [0.2, 0.25) is 0 Å². The van der Waals surface area contributed by atoms with Gasteiger partial charge in [-0.25, -0.2) is 9.97 Å². The second-order valence-corrected chi connectivity index (χ2v) is 7.72. The van der Waals surface area contributed by atoms with Gasteiger partial charge in [0, 0.05) is 48.7 Å². The van der Waals surface area contributed by atoms with Gasteiger partial charge < -0.3 is 9.64 Å². The Bertz CT molecular complexity index is 837. The molecular formula is C20H22N4O2. The number of aromatic nitrogens is 3. The summed E-state index contributed by atoms with van der Waals surface area (Å²) < 4.78 is 5.88. The third-order valence-electron chi connectivity index (χ3n) is 6.04. The molecule has 0 bridgehead atoms. The summed E-state index contributed by atoms with van der Waals surface area (Å²) in [6.07, 6.45) is 9.59. The molecule has 6 heteroatoms. The Morgan fingerprint density at radius 3 is 3.00 bits per heavy atom. The summed E-state index contributed by atoms with van der Waals surface area (Å²) in [5, 5.41) is 0. The molecule has 2 fully saturated rings. The van der Waals surface area contributed by atoms with E-state index in [1.807, 2.05) is 23.2 Å². The minimum atomic E-state index is -0.201. The van der Waals surface area contributed by atoms with Crippen molar-refractivity contribution in [3.05, 3.63) is 42.0 Å². The number of carbonyl (C=O) groups excluding carboxylic acids is 1. The zero-order chi connectivity index (χ0) is 17.6. The Labute approximate surface area is 152 Å². The summed E-state index contributed by atoms with van der Waals surface area (Å²) in [5.74, 6) is 1.26. The lowest BCUT2D eigenvalue weighted by Gasteiger charge is -2.35. The van der Waals surface area contributed by atoms with Crippen molar-refractivity contribution in [2.75, 3.05) is 19.7 Å². The average Bonchev–Trinajstić information content (AvgIpc) is 3.06. The van der Waals surface area contributed by atoms with Gasteiger partial charge in [-0.15, -0.1) is 0 Å². The fourth-order valence-electron chi connectivity index (χ4n) is 4.32. The van der Waals surface area contributed by atoms with Crippen LogP contribution in [0.3, 0.4) is 0 Å². The van der Waals surface area contributed by atoms with Gasteiger partial charge in [0.25, 0.3) is 0 Å².